The number of aromatic nitrogens is 2. The number of nitrogens with one attached hydrogen (secondary N) is 1. The topological polar surface area (TPSA) is 29.9 Å². The van der Waals surface area contributed by atoms with Gasteiger partial charge in [0.2, 0.25) is 0 Å². The molecule has 3 nitrogen and oxygen atoms in total. The highest BCUT2D eigenvalue weighted by atomic mass is 32.1. The van der Waals surface area contributed by atoms with Crippen LogP contribution >= 0.6 is 11.3 Å². The van der Waals surface area contributed by atoms with E-state index >= 15 is 0 Å². The number of hydrogen-bond acceptors (Lipinski definition) is 3. The summed E-state index contributed by atoms with van der Waals surface area (Å²) >= 11 is 1.81. The Balaban J connectivity index is 1.86. The van der Waals surface area contributed by atoms with Crippen LogP contribution in [0.4, 0.5) is 0 Å². The van der Waals surface area contributed by atoms with Crippen LogP contribution < -0.4 is 5.32 Å². The van der Waals surface area contributed by atoms with Crippen molar-refractivity contribution in [1.29, 1.82) is 0 Å². The van der Waals surface area contributed by atoms with E-state index in [2.05, 4.69) is 46.4 Å². The Kier molecular flexibility index (Phi) is 4.34. The number of rotatable bonds is 6. The zero-order chi connectivity index (χ0) is 12.1. The molecule has 0 unspecified atom stereocenters. The second-order valence-electron chi connectivity index (χ2n) is 4.17. The summed E-state index contributed by atoms with van der Waals surface area (Å²) in [6.07, 6.45) is 5.08. The third-order valence-electron chi connectivity index (χ3n) is 2.80. The summed E-state index contributed by atoms with van der Waals surface area (Å²) in [5.74, 6) is 1.13. The Labute approximate surface area is 107 Å². The maximum absolute atomic E-state index is 4.38. The molecule has 2 rings (SSSR count). The van der Waals surface area contributed by atoms with E-state index < -0.39 is 0 Å². The van der Waals surface area contributed by atoms with E-state index in [4.69, 9.17) is 0 Å². The molecule has 0 spiro atoms. The molecular weight excluding hydrogens is 230 g/mol. The van der Waals surface area contributed by atoms with Crippen LogP contribution in [-0.4, -0.2) is 9.55 Å². The quantitative estimate of drug-likeness (QED) is 0.853. The summed E-state index contributed by atoms with van der Waals surface area (Å²) in [4.78, 5) is 5.80. The molecule has 0 aliphatic rings. The summed E-state index contributed by atoms with van der Waals surface area (Å²) in [7, 11) is 0. The van der Waals surface area contributed by atoms with E-state index in [1.165, 1.54) is 10.4 Å². The van der Waals surface area contributed by atoms with Crippen molar-refractivity contribution in [2.24, 2.45) is 0 Å². The number of imidazole rings is 1. The minimum Gasteiger partial charge on any atom is -0.334 e. The largest absolute Gasteiger partial charge is 0.334 e. The van der Waals surface area contributed by atoms with Gasteiger partial charge >= 0.3 is 0 Å². The van der Waals surface area contributed by atoms with Gasteiger partial charge in [-0.2, -0.15) is 0 Å². The van der Waals surface area contributed by atoms with Crippen LogP contribution in [0.3, 0.4) is 0 Å². The van der Waals surface area contributed by atoms with Crippen molar-refractivity contribution < 1.29 is 0 Å². The smallest absolute Gasteiger partial charge is 0.122 e. The normalized spacial score (nSPS) is 10.9. The van der Waals surface area contributed by atoms with Gasteiger partial charge in [0.25, 0.3) is 0 Å². The maximum Gasteiger partial charge on any atom is 0.122 e. The highest BCUT2D eigenvalue weighted by molar-refractivity contribution is 7.10. The van der Waals surface area contributed by atoms with Gasteiger partial charge in [-0.3, -0.25) is 0 Å². The van der Waals surface area contributed by atoms with Crippen molar-refractivity contribution in [3.05, 3.63) is 40.1 Å². The summed E-state index contributed by atoms with van der Waals surface area (Å²) in [6, 6.07) is 2.17. The van der Waals surface area contributed by atoms with Crippen molar-refractivity contribution in [2.45, 2.75) is 39.9 Å². The van der Waals surface area contributed by atoms with Gasteiger partial charge in [0.1, 0.15) is 5.82 Å². The molecule has 2 aromatic rings. The first-order chi connectivity index (χ1) is 8.31. The lowest BCUT2D eigenvalue weighted by Crippen LogP contribution is -2.16. The van der Waals surface area contributed by atoms with Crippen LogP contribution in [0.15, 0.2) is 23.8 Å². The third kappa shape index (κ3) is 3.17. The molecule has 0 amide bonds. The molecule has 0 radical (unpaired) electrons. The molecule has 0 fully saturated rings. The first kappa shape index (κ1) is 12.3. The monoisotopic (exact) mass is 249 g/mol. The molecule has 2 heterocycles. The molecule has 17 heavy (non-hydrogen) atoms. The molecule has 92 valence electrons. The van der Waals surface area contributed by atoms with E-state index in [1.807, 2.05) is 17.5 Å². The van der Waals surface area contributed by atoms with Crippen molar-refractivity contribution in [3.8, 4) is 0 Å². The number of aryl methyl sites for hydroxylation is 2. The van der Waals surface area contributed by atoms with Crippen LogP contribution in [0.1, 0.15) is 29.6 Å². The Morgan fingerprint density at radius 2 is 2.29 bits per heavy atom. The van der Waals surface area contributed by atoms with E-state index in [1.54, 1.807) is 0 Å². The zero-order valence-corrected chi connectivity index (χ0v) is 11.3. The zero-order valence-electron chi connectivity index (χ0n) is 10.4. The molecule has 0 saturated heterocycles. The highest BCUT2D eigenvalue weighted by Crippen LogP contribution is 2.14. The maximum atomic E-state index is 4.38. The molecule has 1 N–H and O–H groups in total. The van der Waals surface area contributed by atoms with Gasteiger partial charge in [0.05, 0.1) is 6.54 Å². The SMILES string of the molecule is CCCn1ccnc1CNCc1sccc1C. The van der Waals surface area contributed by atoms with E-state index in [9.17, 15) is 0 Å². The lowest BCUT2D eigenvalue weighted by molar-refractivity contribution is 0.590. The van der Waals surface area contributed by atoms with Gasteiger partial charge in [-0.05, 0) is 30.4 Å². The predicted molar refractivity (Wildman–Crippen MR) is 72.1 cm³/mol. The molecule has 0 aromatic carbocycles. The summed E-state index contributed by atoms with van der Waals surface area (Å²) in [6.45, 7) is 7.17. The minimum atomic E-state index is 0.838. The van der Waals surface area contributed by atoms with Gasteiger partial charge in [0, 0.05) is 30.4 Å². The lowest BCUT2D eigenvalue weighted by Gasteiger charge is -2.07. The number of thiophene rings is 1. The van der Waals surface area contributed by atoms with E-state index in [-0.39, 0.29) is 0 Å². The average molecular weight is 249 g/mol. The van der Waals surface area contributed by atoms with Gasteiger partial charge in [-0.25, -0.2) is 4.98 Å². The average Bonchev–Trinajstić information content (AvgIpc) is 2.90. The Bertz CT molecular complexity index is 459. The molecular formula is C13H19N3S. The summed E-state index contributed by atoms with van der Waals surface area (Å²) < 4.78 is 2.22. The Morgan fingerprint density at radius 1 is 1.41 bits per heavy atom. The number of hydrogen-bond donors (Lipinski definition) is 1. The van der Waals surface area contributed by atoms with Crippen molar-refractivity contribution in [2.75, 3.05) is 0 Å². The Hall–Kier alpha value is -1.13. The Morgan fingerprint density at radius 3 is 3.00 bits per heavy atom. The third-order valence-corrected chi connectivity index (χ3v) is 3.83. The molecule has 0 bridgehead atoms. The fraction of sp³-hybridized carbons (Fsp3) is 0.462. The molecule has 0 saturated carbocycles. The fourth-order valence-electron chi connectivity index (χ4n) is 1.82. The van der Waals surface area contributed by atoms with E-state index in [0.717, 1.165) is 31.9 Å². The second kappa shape index (κ2) is 5.98. The highest BCUT2D eigenvalue weighted by Gasteiger charge is 2.03. The van der Waals surface area contributed by atoms with Gasteiger partial charge in [-0.15, -0.1) is 11.3 Å². The second-order valence-corrected chi connectivity index (χ2v) is 5.17. The van der Waals surface area contributed by atoms with Gasteiger partial charge < -0.3 is 9.88 Å². The van der Waals surface area contributed by atoms with Crippen LogP contribution in [0.2, 0.25) is 0 Å². The van der Waals surface area contributed by atoms with Crippen molar-refractivity contribution in [3.63, 3.8) is 0 Å². The first-order valence-corrected chi connectivity index (χ1v) is 6.93. The van der Waals surface area contributed by atoms with E-state index in [0.29, 0.717) is 0 Å². The van der Waals surface area contributed by atoms with Crippen LogP contribution in [0.25, 0.3) is 0 Å². The van der Waals surface area contributed by atoms with Gasteiger partial charge in [0.15, 0.2) is 0 Å². The fourth-order valence-corrected chi connectivity index (χ4v) is 2.70. The molecule has 0 aliphatic carbocycles. The molecule has 4 heteroatoms. The van der Waals surface area contributed by atoms with Crippen molar-refractivity contribution in [1.82, 2.24) is 14.9 Å². The van der Waals surface area contributed by atoms with Crippen LogP contribution in [0, 0.1) is 6.92 Å². The molecule has 0 atom stereocenters. The summed E-state index contributed by atoms with van der Waals surface area (Å²) in [5.41, 5.74) is 1.37. The van der Waals surface area contributed by atoms with Crippen LogP contribution in [0.5, 0.6) is 0 Å². The molecule has 0 aliphatic heterocycles. The van der Waals surface area contributed by atoms with Crippen molar-refractivity contribution >= 4 is 11.3 Å². The predicted octanol–water partition coefficient (Wildman–Crippen LogP) is 2.95. The van der Waals surface area contributed by atoms with Gasteiger partial charge in [-0.1, -0.05) is 6.92 Å². The standard InChI is InChI=1S/C13H19N3S/c1-3-6-16-7-5-15-13(16)10-14-9-12-11(2)4-8-17-12/h4-5,7-8,14H,3,6,9-10H2,1-2H3. The first-order valence-electron chi connectivity index (χ1n) is 6.05. The van der Waals surface area contributed by atoms with Crippen LogP contribution in [-0.2, 0) is 19.6 Å². The summed E-state index contributed by atoms with van der Waals surface area (Å²) in [5, 5.41) is 5.60. The minimum absolute atomic E-state index is 0.838. The lowest BCUT2D eigenvalue weighted by atomic mass is 10.3. The molecule has 2 aromatic heterocycles. The number of nitrogens with zero attached hydrogens (tertiary/aromatic N) is 2.